The summed E-state index contributed by atoms with van der Waals surface area (Å²) in [6.07, 6.45) is 1.91. The molecule has 0 saturated carbocycles. The van der Waals surface area contributed by atoms with Crippen LogP contribution in [-0.2, 0) is 4.79 Å². The van der Waals surface area contributed by atoms with E-state index in [0.717, 1.165) is 11.3 Å². The van der Waals surface area contributed by atoms with Crippen LogP contribution in [0.5, 0.6) is 0 Å². The van der Waals surface area contributed by atoms with Gasteiger partial charge in [-0.2, -0.15) is 5.26 Å². The van der Waals surface area contributed by atoms with E-state index in [4.69, 9.17) is 16.9 Å². The van der Waals surface area contributed by atoms with Crippen LogP contribution in [0.3, 0.4) is 0 Å². The average Bonchev–Trinajstić information content (AvgIpc) is 3.01. The highest BCUT2D eigenvalue weighted by molar-refractivity contribution is 7.99. The molecule has 0 spiro atoms. The maximum atomic E-state index is 12.0. The summed E-state index contributed by atoms with van der Waals surface area (Å²) in [6.45, 7) is 2.36. The quantitative estimate of drug-likeness (QED) is 0.749. The number of benzene rings is 1. The number of nitriles is 1. The maximum Gasteiger partial charge on any atom is 0.232 e. The van der Waals surface area contributed by atoms with Crippen LogP contribution in [0.25, 0.3) is 5.69 Å². The number of amides is 1. The second kappa shape index (κ2) is 7.99. The first-order valence-corrected chi connectivity index (χ1v) is 8.29. The Bertz CT molecular complexity index is 740. The molecule has 0 aliphatic heterocycles. The normalized spacial score (nSPS) is 10.3. The molecule has 0 bridgehead atoms. The van der Waals surface area contributed by atoms with Crippen molar-refractivity contribution in [2.45, 2.75) is 18.5 Å². The zero-order valence-corrected chi connectivity index (χ0v) is 14.4. The van der Waals surface area contributed by atoms with Gasteiger partial charge in [0.05, 0.1) is 23.9 Å². The lowest BCUT2D eigenvalue weighted by Crippen LogP contribution is -2.29. The maximum absolute atomic E-state index is 12.0. The Morgan fingerprint density at radius 1 is 1.52 bits per heavy atom. The molecule has 1 aromatic carbocycles. The molecular weight excluding hydrogens is 334 g/mol. The zero-order chi connectivity index (χ0) is 16.8. The Balaban J connectivity index is 2.05. The number of carbonyl (C=O) groups excluding carboxylic acids is 1. The Morgan fingerprint density at radius 2 is 2.30 bits per heavy atom. The zero-order valence-electron chi connectivity index (χ0n) is 12.9. The van der Waals surface area contributed by atoms with Crippen molar-refractivity contribution < 1.29 is 4.79 Å². The minimum Gasteiger partial charge on any atom is -0.344 e. The largest absolute Gasteiger partial charge is 0.344 e. The van der Waals surface area contributed by atoms with Gasteiger partial charge in [0.15, 0.2) is 5.16 Å². The molecular formula is C15H16ClN5OS. The van der Waals surface area contributed by atoms with Crippen LogP contribution in [0, 0.1) is 18.3 Å². The molecule has 1 heterocycles. The lowest BCUT2D eigenvalue weighted by molar-refractivity contribution is -0.127. The van der Waals surface area contributed by atoms with Crippen LogP contribution >= 0.6 is 23.4 Å². The Kier molecular flexibility index (Phi) is 6.02. The van der Waals surface area contributed by atoms with Gasteiger partial charge in [0.2, 0.25) is 5.91 Å². The highest BCUT2D eigenvalue weighted by Gasteiger charge is 2.13. The first kappa shape index (κ1) is 17.3. The van der Waals surface area contributed by atoms with Gasteiger partial charge in [0, 0.05) is 18.6 Å². The number of hydrogen-bond acceptors (Lipinski definition) is 5. The molecule has 2 rings (SSSR count). The molecule has 8 heteroatoms. The number of aryl methyl sites for hydroxylation is 1. The summed E-state index contributed by atoms with van der Waals surface area (Å²) in [7, 11) is 1.69. The van der Waals surface area contributed by atoms with Gasteiger partial charge in [0.1, 0.15) is 6.33 Å². The first-order chi connectivity index (χ1) is 11.0. The van der Waals surface area contributed by atoms with Crippen LogP contribution in [0.2, 0.25) is 5.02 Å². The fourth-order valence-corrected chi connectivity index (χ4v) is 2.85. The molecule has 1 amide bonds. The van der Waals surface area contributed by atoms with Crippen molar-refractivity contribution in [3.05, 3.63) is 35.1 Å². The molecule has 2 aromatic rings. The third-order valence-corrected chi connectivity index (χ3v) is 4.59. The summed E-state index contributed by atoms with van der Waals surface area (Å²) in [5.41, 5.74) is 1.84. The van der Waals surface area contributed by atoms with E-state index in [1.807, 2.05) is 31.2 Å². The number of nitrogens with zero attached hydrogens (tertiary/aromatic N) is 5. The Labute approximate surface area is 144 Å². The van der Waals surface area contributed by atoms with E-state index < -0.39 is 0 Å². The Morgan fingerprint density at radius 3 is 3.00 bits per heavy atom. The van der Waals surface area contributed by atoms with Crippen molar-refractivity contribution in [3.63, 3.8) is 0 Å². The smallest absolute Gasteiger partial charge is 0.232 e. The molecule has 0 aliphatic rings. The highest BCUT2D eigenvalue weighted by Crippen LogP contribution is 2.23. The standard InChI is InChI=1S/C15H16ClN5OS/c1-11-4-5-12(8-13(11)16)21-10-18-19-15(21)23-9-14(22)20(2)7-3-6-17/h4-5,8,10H,3,7,9H2,1-2H3. The van der Waals surface area contributed by atoms with Crippen molar-refractivity contribution in [3.8, 4) is 11.8 Å². The first-order valence-electron chi connectivity index (χ1n) is 6.93. The predicted molar refractivity (Wildman–Crippen MR) is 89.7 cm³/mol. The molecule has 23 heavy (non-hydrogen) atoms. The molecule has 0 saturated heterocycles. The highest BCUT2D eigenvalue weighted by atomic mass is 35.5. The van der Waals surface area contributed by atoms with Gasteiger partial charge < -0.3 is 4.90 Å². The minimum atomic E-state index is -0.0539. The number of rotatable bonds is 6. The van der Waals surface area contributed by atoms with Gasteiger partial charge in [-0.15, -0.1) is 10.2 Å². The van der Waals surface area contributed by atoms with Crippen molar-refractivity contribution >= 4 is 29.3 Å². The van der Waals surface area contributed by atoms with Crippen molar-refractivity contribution in [2.24, 2.45) is 0 Å². The fraction of sp³-hybridized carbons (Fsp3) is 0.333. The summed E-state index contributed by atoms with van der Waals surface area (Å²) in [5.74, 6) is 0.182. The predicted octanol–water partition coefficient (Wildman–Crippen LogP) is 2.69. The third kappa shape index (κ3) is 4.47. The molecule has 0 atom stereocenters. The van der Waals surface area contributed by atoms with Gasteiger partial charge >= 0.3 is 0 Å². The van der Waals surface area contributed by atoms with Crippen LogP contribution in [0.4, 0.5) is 0 Å². The third-order valence-electron chi connectivity index (χ3n) is 3.26. The van der Waals surface area contributed by atoms with Crippen molar-refractivity contribution in [1.82, 2.24) is 19.7 Å². The van der Waals surface area contributed by atoms with Gasteiger partial charge in [-0.3, -0.25) is 9.36 Å². The van der Waals surface area contributed by atoms with Crippen LogP contribution < -0.4 is 0 Å². The molecule has 0 unspecified atom stereocenters. The van der Waals surface area contributed by atoms with E-state index in [1.54, 1.807) is 22.8 Å². The summed E-state index contributed by atoms with van der Waals surface area (Å²) >= 11 is 7.45. The van der Waals surface area contributed by atoms with E-state index in [2.05, 4.69) is 10.2 Å². The van der Waals surface area contributed by atoms with E-state index in [-0.39, 0.29) is 11.7 Å². The summed E-state index contributed by atoms with van der Waals surface area (Å²) < 4.78 is 1.79. The van der Waals surface area contributed by atoms with Gasteiger partial charge in [-0.1, -0.05) is 29.4 Å². The second-order valence-corrected chi connectivity index (χ2v) is 6.28. The van der Waals surface area contributed by atoms with Crippen molar-refractivity contribution in [2.75, 3.05) is 19.3 Å². The minimum absolute atomic E-state index is 0.0539. The fourth-order valence-electron chi connectivity index (χ4n) is 1.81. The molecule has 6 nitrogen and oxygen atoms in total. The summed E-state index contributed by atoms with van der Waals surface area (Å²) in [5, 5.41) is 17.8. The number of thioether (sulfide) groups is 1. The number of hydrogen-bond donors (Lipinski definition) is 0. The van der Waals surface area contributed by atoms with E-state index in [0.29, 0.717) is 23.1 Å². The average molecular weight is 350 g/mol. The Hall–Kier alpha value is -2.04. The van der Waals surface area contributed by atoms with Gasteiger partial charge in [-0.05, 0) is 24.6 Å². The van der Waals surface area contributed by atoms with E-state index >= 15 is 0 Å². The van der Waals surface area contributed by atoms with Gasteiger partial charge in [0.25, 0.3) is 0 Å². The van der Waals surface area contributed by atoms with Crippen LogP contribution in [0.1, 0.15) is 12.0 Å². The van der Waals surface area contributed by atoms with E-state index in [9.17, 15) is 4.79 Å². The van der Waals surface area contributed by atoms with Gasteiger partial charge in [-0.25, -0.2) is 0 Å². The molecule has 0 N–H and O–H groups in total. The molecule has 0 radical (unpaired) electrons. The molecule has 0 fully saturated rings. The van der Waals surface area contributed by atoms with Crippen LogP contribution in [0.15, 0.2) is 29.7 Å². The molecule has 1 aromatic heterocycles. The number of carbonyl (C=O) groups is 1. The van der Waals surface area contributed by atoms with Crippen molar-refractivity contribution in [1.29, 1.82) is 5.26 Å². The number of halogens is 1. The summed E-state index contributed by atoms with van der Waals surface area (Å²) in [6, 6.07) is 7.71. The molecule has 120 valence electrons. The van der Waals surface area contributed by atoms with Crippen LogP contribution in [-0.4, -0.2) is 44.9 Å². The second-order valence-electron chi connectivity index (χ2n) is 4.93. The number of aromatic nitrogens is 3. The SMILES string of the molecule is Cc1ccc(-n2cnnc2SCC(=O)N(C)CCC#N)cc1Cl. The lowest BCUT2D eigenvalue weighted by atomic mass is 10.2. The summed E-state index contributed by atoms with van der Waals surface area (Å²) in [4.78, 5) is 13.5. The van der Waals surface area contributed by atoms with E-state index in [1.165, 1.54) is 11.8 Å². The lowest BCUT2D eigenvalue weighted by Gasteiger charge is -2.15. The topological polar surface area (TPSA) is 74.8 Å². The monoisotopic (exact) mass is 349 g/mol. The molecule has 0 aliphatic carbocycles.